The number of pyridine rings is 1. The molecule has 0 spiro atoms. The Bertz CT molecular complexity index is 1430. The van der Waals surface area contributed by atoms with Crippen molar-refractivity contribution in [2.45, 2.75) is 32.1 Å². The number of aromatic nitrogens is 3. The minimum Gasteiger partial charge on any atom is -0.346 e. The number of benzene rings is 2. The van der Waals surface area contributed by atoms with Gasteiger partial charge in [-0.1, -0.05) is 41.6 Å². The van der Waals surface area contributed by atoms with E-state index in [2.05, 4.69) is 15.5 Å². The van der Waals surface area contributed by atoms with Crippen molar-refractivity contribution in [2.24, 2.45) is 0 Å². The van der Waals surface area contributed by atoms with Crippen molar-refractivity contribution < 1.29 is 22.1 Å². The summed E-state index contributed by atoms with van der Waals surface area (Å²) in [4.78, 5) is 17.6. The molecule has 0 saturated carbocycles. The van der Waals surface area contributed by atoms with Crippen LogP contribution in [-0.4, -0.2) is 21.3 Å². The molecule has 0 aliphatic carbocycles. The Kier molecular flexibility index (Phi) is 5.98. The SMILES string of the molecule is O=c1c(-c2noc(Cc3ccccc3)n2)cn(Cc2ccc(C(F)(F)F)cc2F)c2c1CNCC2. The van der Waals surface area contributed by atoms with Gasteiger partial charge in [0.1, 0.15) is 5.82 Å². The Balaban J connectivity index is 1.52. The average molecular weight is 484 g/mol. The van der Waals surface area contributed by atoms with Gasteiger partial charge in [0.25, 0.3) is 0 Å². The zero-order chi connectivity index (χ0) is 24.6. The van der Waals surface area contributed by atoms with Gasteiger partial charge in [0.05, 0.1) is 24.1 Å². The van der Waals surface area contributed by atoms with Crippen LogP contribution >= 0.6 is 0 Å². The van der Waals surface area contributed by atoms with Crippen LogP contribution in [0.1, 0.15) is 33.8 Å². The summed E-state index contributed by atoms with van der Waals surface area (Å²) in [5, 5.41) is 7.13. The van der Waals surface area contributed by atoms with Crippen molar-refractivity contribution in [3.63, 3.8) is 0 Å². The van der Waals surface area contributed by atoms with Crippen molar-refractivity contribution in [1.29, 1.82) is 0 Å². The smallest absolute Gasteiger partial charge is 0.346 e. The molecule has 1 aliphatic rings. The minimum atomic E-state index is -4.63. The second-order valence-corrected chi connectivity index (χ2v) is 8.33. The topological polar surface area (TPSA) is 73.0 Å². The van der Waals surface area contributed by atoms with Crippen LogP contribution < -0.4 is 10.7 Å². The second-order valence-electron chi connectivity index (χ2n) is 8.33. The molecule has 2 aromatic carbocycles. The number of hydrogen-bond donors (Lipinski definition) is 1. The van der Waals surface area contributed by atoms with Crippen molar-refractivity contribution in [1.82, 2.24) is 20.0 Å². The van der Waals surface area contributed by atoms with Gasteiger partial charge in [-0.15, -0.1) is 0 Å². The van der Waals surface area contributed by atoms with Gasteiger partial charge in [0.15, 0.2) is 5.43 Å². The van der Waals surface area contributed by atoms with Gasteiger partial charge in [0.2, 0.25) is 11.7 Å². The highest BCUT2D eigenvalue weighted by atomic mass is 19.4. The first-order valence-electron chi connectivity index (χ1n) is 11.0. The summed E-state index contributed by atoms with van der Waals surface area (Å²) < 4.78 is 60.4. The van der Waals surface area contributed by atoms with Crippen LogP contribution in [0.25, 0.3) is 11.4 Å². The quantitative estimate of drug-likeness (QED) is 0.427. The largest absolute Gasteiger partial charge is 0.416 e. The van der Waals surface area contributed by atoms with E-state index in [1.165, 1.54) is 6.20 Å². The van der Waals surface area contributed by atoms with Crippen LogP contribution in [0.3, 0.4) is 0 Å². The van der Waals surface area contributed by atoms with Crippen LogP contribution in [0.15, 0.2) is 64.0 Å². The van der Waals surface area contributed by atoms with Gasteiger partial charge >= 0.3 is 6.18 Å². The minimum absolute atomic E-state index is 0.0473. The van der Waals surface area contributed by atoms with Crippen LogP contribution in [-0.2, 0) is 32.1 Å². The highest BCUT2D eigenvalue weighted by molar-refractivity contribution is 5.55. The number of fused-ring (bicyclic) bond motifs is 1. The van der Waals surface area contributed by atoms with Crippen LogP contribution in [0.4, 0.5) is 17.6 Å². The third-order valence-corrected chi connectivity index (χ3v) is 5.97. The summed E-state index contributed by atoms with van der Waals surface area (Å²) in [6.07, 6.45) is -2.20. The Morgan fingerprint density at radius 2 is 1.91 bits per heavy atom. The maximum Gasteiger partial charge on any atom is 0.416 e. The van der Waals surface area contributed by atoms with E-state index in [0.717, 1.165) is 17.7 Å². The second kappa shape index (κ2) is 9.10. The highest BCUT2D eigenvalue weighted by Gasteiger charge is 2.31. The molecule has 6 nitrogen and oxygen atoms in total. The van der Waals surface area contributed by atoms with E-state index in [1.807, 2.05) is 30.3 Å². The number of halogens is 4. The fourth-order valence-electron chi connectivity index (χ4n) is 4.20. The molecule has 5 rings (SSSR count). The molecule has 180 valence electrons. The maximum absolute atomic E-state index is 14.6. The number of rotatable bonds is 5. The monoisotopic (exact) mass is 484 g/mol. The lowest BCUT2D eigenvalue weighted by Crippen LogP contribution is -2.33. The molecular formula is C25H20F4N4O2. The predicted molar refractivity (Wildman–Crippen MR) is 119 cm³/mol. The molecule has 0 bridgehead atoms. The van der Waals surface area contributed by atoms with E-state index in [4.69, 9.17) is 4.52 Å². The van der Waals surface area contributed by atoms with E-state index in [1.54, 1.807) is 4.57 Å². The zero-order valence-electron chi connectivity index (χ0n) is 18.4. The van der Waals surface area contributed by atoms with E-state index < -0.39 is 17.6 Å². The molecule has 1 N–H and O–H groups in total. The molecule has 1 aliphatic heterocycles. The van der Waals surface area contributed by atoms with Crippen LogP contribution in [0.2, 0.25) is 0 Å². The Morgan fingerprint density at radius 1 is 1.11 bits per heavy atom. The lowest BCUT2D eigenvalue weighted by atomic mass is 10.0. The molecule has 10 heteroatoms. The lowest BCUT2D eigenvalue weighted by molar-refractivity contribution is -0.137. The summed E-state index contributed by atoms with van der Waals surface area (Å²) in [6.45, 7) is 0.880. The van der Waals surface area contributed by atoms with Crippen molar-refractivity contribution >= 4 is 0 Å². The predicted octanol–water partition coefficient (Wildman–Crippen LogP) is 4.34. The Hall–Kier alpha value is -3.79. The number of alkyl halides is 3. The summed E-state index contributed by atoms with van der Waals surface area (Å²) in [6, 6.07) is 12.0. The van der Waals surface area contributed by atoms with E-state index in [0.29, 0.717) is 49.1 Å². The van der Waals surface area contributed by atoms with E-state index in [-0.39, 0.29) is 28.9 Å². The van der Waals surface area contributed by atoms with Crippen LogP contribution in [0, 0.1) is 5.82 Å². The van der Waals surface area contributed by atoms with Crippen LogP contribution in [0.5, 0.6) is 0 Å². The molecule has 2 aromatic heterocycles. The van der Waals surface area contributed by atoms with Gasteiger partial charge in [-0.3, -0.25) is 4.79 Å². The number of nitrogens with zero attached hydrogens (tertiary/aromatic N) is 3. The van der Waals surface area contributed by atoms with Gasteiger partial charge in [0, 0.05) is 42.5 Å². The molecule has 0 amide bonds. The third-order valence-electron chi connectivity index (χ3n) is 5.97. The van der Waals surface area contributed by atoms with Crippen molar-refractivity contribution in [3.8, 4) is 11.4 Å². The molecule has 0 unspecified atom stereocenters. The van der Waals surface area contributed by atoms with Gasteiger partial charge in [-0.05, 0) is 17.7 Å². The molecule has 0 radical (unpaired) electrons. The first kappa shape index (κ1) is 23.0. The molecule has 0 fully saturated rings. The normalized spacial score (nSPS) is 13.6. The average Bonchev–Trinajstić information content (AvgIpc) is 3.30. The molecule has 0 saturated heterocycles. The van der Waals surface area contributed by atoms with Gasteiger partial charge in [-0.25, -0.2) is 4.39 Å². The highest BCUT2D eigenvalue weighted by Crippen LogP contribution is 2.30. The molecule has 3 heterocycles. The Morgan fingerprint density at radius 3 is 2.66 bits per heavy atom. The van der Waals surface area contributed by atoms with Crippen molar-refractivity contribution in [3.05, 3.63) is 105 Å². The fourth-order valence-corrected chi connectivity index (χ4v) is 4.20. The standard InChI is InChI=1S/C25H20F4N4O2/c26-20-11-17(25(27,28)29)7-6-16(20)13-33-14-19(23(34)18-12-30-9-8-21(18)33)24-31-22(35-32-24)10-15-4-2-1-3-5-15/h1-7,11,14,30H,8-10,12-13H2. The summed E-state index contributed by atoms with van der Waals surface area (Å²) in [5.41, 5.74) is 1.11. The van der Waals surface area contributed by atoms with Gasteiger partial charge in [-0.2, -0.15) is 18.2 Å². The summed E-state index contributed by atoms with van der Waals surface area (Å²) in [7, 11) is 0. The van der Waals surface area contributed by atoms with Crippen molar-refractivity contribution in [2.75, 3.05) is 6.54 Å². The molecule has 0 atom stereocenters. The number of hydrogen-bond acceptors (Lipinski definition) is 5. The maximum atomic E-state index is 14.6. The van der Waals surface area contributed by atoms with Gasteiger partial charge < -0.3 is 14.4 Å². The summed E-state index contributed by atoms with van der Waals surface area (Å²) >= 11 is 0. The summed E-state index contributed by atoms with van der Waals surface area (Å²) in [5.74, 6) is -0.523. The first-order valence-corrected chi connectivity index (χ1v) is 11.0. The fraction of sp³-hybridized carbons (Fsp3) is 0.240. The van der Waals surface area contributed by atoms with E-state index >= 15 is 0 Å². The van der Waals surface area contributed by atoms with E-state index in [9.17, 15) is 22.4 Å². The number of nitrogens with one attached hydrogen (secondary N) is 1. The molecule has 35 heavy (non-hydrogen) atoms. The first-order chi connectivity index (χ1) is 16.8. The lowest BCUT2D eigenvalue weighted by Gasteiger charge is -2.23. The third kappa shape index (κ3) is 4.74. The Labute approximate surface area is 197 Å². The molecular weight excluding hydrogens is 464 g/mol. The molecule has 4 aromatic rings. The zero-order valence-corrected chi connectivity index (χ0v) is 18.4.